The van der Waals surface area contributed by atoms with Crippen LogP contribution < -0.4 is 24.8 Å². The van der Waals surface area contributed by atoms with Crippen LogP contribution in [0.3, 0.4) is 0 Å². The van der Waals surface area contributed by atoms with E-state index in [0.717, 1.165) is 36.3 Å². The molecule has 5 rings (SSSR count). The molecule has 3 aromatic rings. The van der Waals surface area contributed by atoms with Gasteiger partial charge in [0, 0.05) is 25.3 Å². The first-order valence-corrected chi connectivity index (χ1v) is 14.3. The molecule has 1 heterocycles. The van der Waals surface area contributed by atoms with Gasteiger partial charge in [0.2, 0.25) is 11.8 Å². The molecular weight excluding hydrogens is 518 g/mol. The van der Waals surface area contributed by atoms with Crippen molar-refractivity contribution in [3.05, 3.63) is 83.4 Å². The van der Waals surface area contributed by atoms with Crippen molar-refractivity contribution >= 4 is 17.5 Å². The SMILES string of the molecule is COc1ccc(CN2C[C@@H](C(=O)NCCOc3ccccc3)C[C@@H](C(=O)Nc3ccc4c(c3)CCC4)C2)cc1OC. The van der Waals surface area contributed by atoms with E-state index in [-0.39, 0.29) is 23.7 Å². The molecule has 8 nitrogen and oxygen atoms in total. The van der Waals surface area contributed by atoms with Crippen LogP contribution >= 0.6 is 0 Å². The molecule has 216 valence electrons. The lowest BCUT2D eigenvalue weighted by molar-refractivity contribution is -0.130. The van der Waals surface area contributed by atoms with Gasteiger partial charge in [0.15, 0.2) is 11.5 Å². The number of benzene rings is 3. The maximum absolute atomic E-state index is 13.5. The van der Waals surface area contributed by atoms with Crippen LogP contribution in [0.25, 0.3) is 0 Å². The zero-order valence-corrected chi connectivity index (χ0v) is 23.9. The molecule has 1 aliphatic heterocycles. The third-order valence-corrected chi connectivity index (χ3v) is 7.90. The monoisotopic (exact) mass is 557 g/mol. The Bertz CT molecular complexity index is 1350. The number of hydrogen-bond donors (Lipinski definition) is 2. The number of carbonyl (C=O) groups is 2. The summed E-state index contributed by atoms with van der Waals surface area (Å²) in [7, 11) is 3.23. The predicted octanol–water partition coefficient (Wildman–Crippen LogP) is 4.46. The third kappa shape index (κ3) is 7.38. The summed E-state index contributed by atoms with van der Waals surface area (Å²) in [6.45, 7) is 2.48. The lowest BCUT2D eigenvalue weighted by Gasteiger charge is -2.36. The number of nitrogens with zero attached hydrogens (tertiary/aromatic N) is 1. The Balaban J connectivity index is 1.25. The van der Waals surface area contributed by atoms with Gasteiger partial charge in [-0.3, -0.25) is 14.5 Å². The number of piperidine rings is 1. The van der Waals surface area contributed by atoms with Crippen molar-refractivity contribution in [1.29, 1.82) is 0 Å². The smallest absolute Gasteiger partial charge is 0.228 e. The number of carbonyl (C=O) groups excluding carboxylic acids is 2. The molecular formula is C33H39N3O5. The highest BCUT2D eigenvalue weighted by Gasteiger charge is 2.35. The molecule has 1 fully saturated rings. The van der Waals surface area contributed by atoms with Gasteiger partial charge < -0.3 is 24.8 Å². The molecule has 8 heteroatoms. The van der Waals surface area contributed by atoms with Crippen molar-refractivity contribution in [1.82, 2.24) is 10.2 Å². The number of methoxy groups -OCH3 is 2. The van der Waals surface area contributed by atoms with E-state index in [0.29, 0.717) is 50.7 Å². The summed E-state index contributed by atoms with van der Waals surface area (Å²) in [6, 6.07) is 21.6. The van der Waals surface area contributed by atoms with Gasteiger partial charge in [0.25, 0.3) is 0 Å². The summed E-state index contributed by atoms with van der Waals surface area (Å²) in [5.74, 6) is 1.32. The average molecular weight is 558 g/mol. The highest BCUT2D eigenvalue weighted by molar-refractivity contribution is 5.93. The summed E-state index contributed by atoms with van der Waals surface area (Å²) in [5.41, 5.74) is 4.54. The van der Waals surface area contributed by atoms with Crippen LogP contribution in [-0.4, -0.2) is 57.2 Å². The van der Waals surface area contributed by atoms with Gasteiger partial charge >= 0.3 is 0 Å². The van der Waals surface area contributed by atoms with Crippen molar-refractivity contribution in [3.8, 4) is 17.2 Å². The van der Waals surface area contributed by atoms with E-state index in [1.165, 1.54) is 11.1 Å². The van der Waals surface area contributed by atoms with E-state index >= 15 is 0 Å². The van der Waals surface area contributed by atoms with Gasteiger partial charge in [0.1, 0.15) is 12.4 Å². The number of likely N-dealkylation sites (tertiary alicyclic amines) is 1. The molecule has 0 spiro atoms. The molecule has 0 saturated carbocycles. The highest BCUT2D eigenvalue weighted by Crippen LogP contribution is 2.31. The second-order valence-corrected chi connectivity index (χ2v) is 10.8. The Morgan fingerprint density at radius 1 is 0.854 bits per heavy atom. The van der Waals surface area contributed by atoms with Crippen LogP contribution in [0, 0.1) is 11.8 Å². The fraction of sp³-hybridized carbons (Fsp3) is 0.394. The Kier molecular flexibility index (Phi) is 9.41. The highest BCUT2D eigenvalue weighted by atomic mass is 16.5. The molecule has 2 atom stereocenters. The molecule has 1 aliphatic carbocycles. The molecule has 1 saturated heterocycles. The first-order valence-electron chi connectivity index (χ1n) is 14.3. The van der Waals surface area contributed by atoms with Crippen molar-refractivity contribution < 1.29 is 23.8 Å². The van der Waals surface area contributed by atoms with E-state index in [2.05, 4.69) is 27.7 Å². The topological polar surface area (TPSA) is 89.1 Å². The number of amides is 2. The third-order valence-electron chi connectivity index (χ3n) is 7.90. The molecule has 0 aromatic heterocycles. The van der Waals surface area contributed by atoms with E-state index < -0.39 is 0 Å². The number of ether oxygens (including phenoxy) is 3. The van der Waals surface area contributed by atoms with E-state index in [1.807, 2.05) is 54.6 Å². The number of hydrogen-bond acceptors (Lipinski definition) is 6. The first kappa shape index (κ1) is 28.5. The van der Waals surface area contributed by atoms with Crippen LogP contribution in [-0.2, 0) is 29.0 Å². The van der Waals surface area contributed by atoms with Crippen LogP contribution in [0.15, 0.2) is 66.7 Å². The number of fused-ring (bicyclic) bond motifs is 1. The van der Waals surface area contributed by atoms with Gasteiger partial charge in [-0.1, -0.05) is 30.3 Å². The van der Waals surface area contributed by atoms with Gasteiger partial charge in [0.05, 0.1) is 32.6 Å². The zero-order valence-electron chi connectivity index (χ0n) is 23.9. The Morgan fingerprint density at radius 3 is 2.39 bits per heavy atom. The Labute approximate surface area is 242 Å². The first-order chi connectivity index (χ1) is 20.0. The summed E-state index contributed by atoms with van der Waals surface area (Å²) >= 11 is 0. The van der Waals surface area contributed by atoms with Crippen molar-refractivity contribution in [2.45, 2.75) is 32.2 Å². The summed E-state index contributed by atoms with van der Waals surface area (Å²) < 4.78 is 16.6. The van der Waals surface area contributed by atoms with Crippen LogP contribution in [0.1, 0.15) is 29.5 Å². The van der Waals surface area contributed by atoms with Crippen molar-refractivity contribution in [2.75, 3.05) is 45.8 Å². The summed E-state index contributed by atoms with van der Waals surface area (Å²) in [5, 5.41) is 6.15. The standard InChI is InChI=1S/C33H39N3O5/c1-39-30-14-11-23(17-31(30)40-2)20-36-21-26(32(37)34-15-16-41-29-9-4-3-5-10-29)18-27(22-36)33(38)35-28-13-12-24-7-6-8-25(24)19-28/h3-5,9-14,17,19,26-27H,6-8,15-16,18,20-22H2,1-2H3,(H,34,37)(H,35,38)/t26-,27+/m0/s1. The molecule has 2 N–H and O–H groups in total. The zero-order chi connectivity index (χ0) is 28.6. The average Bonchev–Trinajstić information content (AvgIpc) is 3.47. The van der Waals surface area contributed by atoms with Crippen LogP contribution in [0.4, 0.5) is 5.69 Å². The maximum Gasteiger partial charge on any atom is 0.228 e. The number of rotatable bonds is 11. The lowest BCUT2D eigenvalue weighted by atomic mass is 9.87. The second kappa shape index (κ2) is 13.5. The normalized spacial score (nSPS) is 18.3. The summed E-state index contributed by atoms with van der Waals surface area (Å²) in [6.07, 6.45) is 3.81. The Hall–Kier alpha value is -4.04. The number of aryl methyl sites for hydroxylation is 2. The largest absolute Gasteiger partial charge is 0.493 e. The molecule has 0 bridgehead atoms. The van der Waals surface area contributed by atoms with Gasteiger partial charge in [-0.05, 0) is 78.8 Å². The molecule has 0 unspecified atom stereocenters. The van der Waals surface area contributed by atoms with E-state index in [1.54, 1.807) is 14.2 Å². The van der Waals surface area contributed by atoms with Crippen molar-refractivity contribution in [2.24, 2.45) is 11.8 Å². The second-order valence-electron chi connectivity index (χ2n) is 10.8. The number of nitrogens with one attached hydrogen (secondary N) is 2. The van der Waals surface area contributed by atoms with E-state index in [4.69, 9.17) is 14.2 Å². The molecule has 2 aliphatic rings. The summed E-state index contributed by atoms with van der Waals surface area (Å²) in [4.78, 5) is 29.0. The van der Waals surface area contributed by atoms with Gasteiger partial charge in [-0.2, -0.15) is 0 Å². The van der Waals surface area contributed by atoms with Crippen LogP contribution in [0.2, 0.25) is 0 Å². The minimum atomic E-state index is -0.325. The number of para-hydroxylation sites is 1. The van der Waals surface area contributed by atoms with Crippen molar-refractivity contribution in [3.63, 3.8) is 0 Å². The molecule has 3 aromatic carbocycles. The van der Waals surface area contributed by atoms with Gasteiger partial charge in [-0.15, -0.1) is 0 Å². The van der Waals surface area contributed by atoms with E-state index in [9.17, 15) is 9.59 Å². The molecule has 0 radical (unpaired) electrons. The predicted molar refractivity (Wildman–Crippen MR) is 158 cm³/mol. The molecule has 41 heavy (non-hydrogen) atoms. The fourth-order valence-corrected chi connectivity index (χ4v) is 5.83. The minimum absolute atomic E-state index is 0.0508. The fourth-order valence-electron chi connectivity index (χ4n) is 5.83. The Morgan fingerprint density at radius 2 is 1.61 bits per heavy atom. The van der Waals surface area contributed by atoms with Crippen LogP contribution in [0.5, 0.6) is 17.2 Å². The lowest BCUT2D eigenvalue weighted by Crippen LogP contribution is -2.49. The van der Waals surface area contributed by atoms with Gasteiger partial charge in [-0.25, -0.2) is 0 Å². The quantitative estimate of drug-likeness (QED) is 0.339. The maximum atomic E-state index is 13.5. The molecule has 2 amide bonds. The minimum Gasteiger partial charge on any atom is -0.493 e. The number of anilines is 1.